The van der Waals surface area contributed by atoms with Gasteiger partial charge in [-0.05, 0) is 77.8 Å². The fourth-order valence-electron chi connectivity index (χ4n) is 6.37. The van der Waals surface area contributed by atoms with Crippen molar-refractivity contribution in [1.82, 2.24) is 0 Å². The van der Waals surface area contributed by atoms with Gasteiger partial charge in [-0.3, -0.25) is 0 Å². The molecule has 7 rings (SSSR count). The Balaban J connectivity index is 1.81. The molecule has 0 bridgehead atoms. The molecular formula is C42H33Cl. The van der Waals surface area contributed by atoms with Gasteiger partial charge in [0.25, 0.3) is 0 Å². The zero-order valence-electron chi connectivity index (χ0n) is 25.0. The van der Waals surface area contributed by atoms with Crippen LogP contribution in [0.2, 0.25) is 5.02 Å². The van der Waals surface area contributed by atoms with Crippen molar-refractivity contribution < 1.29 is 0 Å². The molecule has 0 heterocycles. The third kappa shape index (κ3) is 4.73. The number of hydrogen-bond acceptors (Lipinski definition) is 0. The molecule has 0 amide bonds. The summed E-state index contributed by atoms with van der Waals surface area (Å²) in [5.74, 6) is 0. The van der Waals surface area contributed by atoms with Crippen molar-refractivity contribution in [2.24, 2.45) is 0 Å². The molecule has 0 aliphatic heterocycles. The van der Waals surface area contributed by atoms with E-state index in [0.29, 0.717) is 0 Å². The van der Waals surface area contributed by atoms with Crippen molar-refractivity contribution in [2.45, 2.75) is 27.7 Å². The lowest BCUT2D eigenvalue weighted by Gasteiger charge is -2.24. The van der Waals surface area contributed by atoms with Crippen molar-refractivity contribution >= 4 is 22.4 Å². The highest BCUT2D eigenvalue weighted by molar-refractivity contribution is 6.44. The van der Waals surface area contributed by atoms with E-state index in [4.69, 9.17) is 11.6 Å². The number of halogens is 1. The van der Waals surface area contributed by atoms with E-state index >= 15 is 0 Å². The summed E-state index contributed by atoms with van der Waals surface area (Å²) in [6.45, 7) is 8.58. The average Bonchev–Trinajstić information content (AvgIpc) is 3.14. The fraction of sp³-hybridized carbons (Fsp3) is 0.0952. The number of fused-ring (bicyclic) bond motifs is 3. The molecule has 0 atom stereocenters. The minimum absolute atomic E-state index is 0.800. The van der Waals surface area contributed by atoms with Gasteiger partial charge in [-0.1, -0.05) is 161 Å². The molecule has 5 aromatic carbocycles. The highest BCUT2D eigenvalue weighted by Crippen LogP contribution is 2.57. The second kappa shape index (κ2) is 10.9. The summed E-state index contributed by atoms with van der Waals surface area (Å²) in [4.78, 5) is 0. The van der Waals surface area contributed by atoms with E-state index in [1.54, 1.807) is 0 Å². The average molecular weight is 573 g/mol. The van der Waals surface area contributed by atoms with E-state index in [-0.39, 0.29) is 0 Å². The van der Waals surface area contributed by atoms with Crippen LogP contribution < -0.4 is 0 Å². The van der Waals surface area contributed by atoms with Gasteiger partial charge in [0.05, 0.1) is 5.02 Å². The molecule has 5 aromatic rings. The zero-order chi connectivity index (χ0) is 29.7. The quantitative estimate of drug-likeness (QED) is 0.197. The summed E-state index contributed by atoms with van der Waals surface area (Å²) >= 11 is 7.52. The lowest BCUT2D eigenvalue weighted by molar-refractivity contribution is 1.45. The first-order valence-corrected chi connectivity index (χ1v) is 15.3. The van der Waals surface area contributed by atoms with Crippen LogP contribution in [0.25, 0.3) is 66.4 Å². The zero-order valence-corrected chi connectivity index (χ0v) is 25.8. The summed E-state index contributed by atoms with van der Waals surface area (Å²) in [6, 6.07) is 46.5. The second-order valence-electron chi connectivity index (χ2n) is 11.8. The number of rotatable bonds is 4. The maximum Gasteiger partial charge on any atom is 0.0569 e. The predicted molar refractivity (Wildman–Crippen MR) is 186 cm³/mol. The molecule has 208 valence electrons. The van der Waals surface area contributed by atoms with Crippen LogP contribution in [0, 0.1) is 27.7 Å². The minimum atomic E-state index is 0.800. The Kier molecular flexibility index (Phi) is 6.88. The normalized spacial score (nSPS) is 11.4. The highest BCUT2D eigenvalue weighted by atomic mass is 35.5. The number of benzene rings is 5. The highest BCUT2D eigenvalue weighted by Gasteiger charge is 2.29. The molecule has 43 heavy (non-hydrogen) atoms. The van der Waals surface area contributed by atoms with Crippen molar-refractivity contribution in [3.63, 3.8) is 0 Å². The summed E-state index contributed by atoms with van der Waals surface area (Å²) in [5.41, 5.74) is 16.7. The van der Waals surface area contributed by atoms with Gasteiger partial charge in [0.2, 0.25) is 0 Å². The van der Waals surface area contributed by atoms with Crippen molar-refractivity contribution in [3.8, 4) is 55.6 Å². The topological polar surface area (TPSA) is 0 Å². The Morgan fingerprint density at radius 1 is 0.326 bits per heavy atom. The monoisotopic (exact) mass is 572 g/mol. The van der Waals surface area contributed by atoms with Crippen LogP contribution in [0.4, 0.5) is 0 Å². The van der Waals surface area contributed by atoms with Gasteiger partial charge < -0.3 is 0 Å². The molecule has 0 aromatic heterocycles. The predicted octanol–water partition coefficient (Wildman–Crippen LogP) is 12.5. The molecule has 0 saturated heterocycles. The Labute approximate surface area is 259 Å². The van der Waals surface area contributed by atoms with Gasteiger partial charge >= 0.3 is 0 Å². The summed E-state index contributed by atoms with van der Waals surface area (Å²) in [7, 11) is 0. The first-order valence-electron chi connectivity index (χ1n) is 14.9. The van der Waals surface area contributed by atoms with E-state index in [9.17, 15) is 0 Å². The lowest BCUT2D eigenvalue weighted by Crippen LogP contribution is -1.97. The molecule has 0 unspecified atom stereocenters. The molecular weight excluding hydrogens is 540 g/mol. The lowest BCUT2D eigenvalue weighted by atomic mass is 9.79. The maximum absolute atomic E-state index is 7.52. The van der Waals surface area contributed by atoms with E-state index in [0.717, 1.165) is 27.1 Å². The van der Waals surface area contributed by atoms with Crippen LogP contribution in [0.1, 0.15) is 22.3 Å². The molecule has 0 fully saturated rings. The molecule has 0 saturated carbocycles. The van der Waals surface area contributed by atoms with Gasteiger partial charge in [0, 0.05) is 16.3 Å². The molecule has 2 aliphatic rings. The van der Waals surface area contributed by atoms with E-state index in [1.165, 1.54) is 66.6 Å². The van der Waals surface area contributed by atoms with Gasteiger partial charge in [-0.2, -0.15) is 0 Å². The summed E-state index contributed by atoms with van der Waals surface area (Å²) < 4.78 is 0. The summed E-state index contributed by atoms with van der Waals surface area (Å²) in [6.07, 6.45) is 0. The second-order valence-corrected chi connectivity index (χ2v) is 12.1. The largest absolute Gasteiger partial charge is 0.0830 e. The Morgan fingerprint density at radius 3 is 1.05 bits per heavy atom. The molecule has 0 nitrogen and oxygen atoms in total. The first kappa shape index (κ1) is 27.2. The minimum Gasteiger partial charge on any atom is -0.0830 e. The van der Waals surface area contributed by atoms with Gasteiger partial charge in [-0.15, -0.1) is 0 Å². The third-order valence-electron chi connectivity index (χ3n) is 8.62. The van der Waals surface area contributed by atoms with Gasteiger partial charge in [-0.25, -0.2) is 0 Å². The van der Waals surface area contributed by atoms with Crippen LogP contribution >= 0.6 is 11.6 Å². The molecule has 0 N–H and O–H groups in total. The Morgan fingerprint density at radius 2 is 0.651 bits per heavy atom. The van der Waals surface area contributed by atoms with Gasteiger partial charge in [0.15, 0.2) is 0 Å². The Bertz CT molecular complexity index is 2060. The van der Waals surface area contributed by atoms with Crippen LogP contribution in [0.15, 0.2) is 127 Å². The number of aryl methyl sites for hydroxylation is 4. The van der Waals surface area contributed by atoms with Crippen LogP contribution in [-0.4, -0.2) is 0 Å². The number of hydrogen-bond donors (Lipinski definition) is 0. The SMILES string of the molecule is Cc1ccc(-c2c(-c3ccc(C)cc3)c(-c3ccc(C)cc3)c3c(Cl)c4cccccc-4c3c2-c2ccc(C)cc2)cc1. The molecule has 1 heteroatoms. The standard InChI is InChI=1S/C42H33Cl/c1-26-10-18-30(19-11-26)36-37(31-20-12-27(2)13-21-31)39(33-24-16-29(4)17-25-33)41-40(38(36)32-22-14-28(3)15-23-32)34-8-6-5-7-9-35(34)42(41)43/h5-25H,1-4H3. The molecule has 0 radical (unpaired) electrons. The molecule has 0 spiro atoms. The van der Waals surface area contributed by atoms with E-state index < -0.39 is 0 Å². The van der Waals surface area contributed by atoms with Crippen LogP contribution in [0.5, 0.6) is 0 Å². The fourth-order valence-corrected chi connectivity index (χ4v) is 6.72. The Hall–Kier alpha value is -4.65. The van der Waals surface area contributed by atoms with Crippen molar-refractivity contribution in [1.29, 1.82) is 0 Å². The van der Waals surface area contributed by atoms with E-state index in [1.807, 2.05) is 0 Å². The van der Waals surface area contributed by atoms with Crippen LogP contribution in [0.3, 0.4) is 0 Å². The third-order valence-corrected chi connectivity index (χ3v) is 9.02. The smallest absolute Gasteiger partial charge is 0.0569 e. The summed E-state index contributed by atoms with van der Waals surface area (Å²) in [5, 5.41) is 3.10. The molecule has 2 aliphatic carbocycles. The van der Waals surface area contributed by atoms with Gasteiger partial charge in [0.1, 0.15) is 0 Å². The maximum atomic E-state index is 7.52. The first-order chi connectivity index (χ1) is 20.9. The van der Waals surface area contributed by atoms with E-state index in [2.05, 4.69) is 155 Å². The van der Waals surface area contributed by atoms with Crippen molar-refractivity contribution in [3.05, 3.63) is 155 Å². The van der Waals surface area contributed by atoms with Crippen molar-refractivity contribution in [2.75, 3.05) is 0 Å². The van der Waals surface area contributed by atoms with Crippen LogP contribution in [-0.2, 0) is 0 Å².